The second kappa shape index (κ2) is 5.69. The van der Waals surface area contributed by atoms with Crippen LogP contribution in [0.3, 0.4) is 0 Å². The van der Waals surface area contributed by atoms with Crippen molar-refractivity contribution in [2.45, 2.75) is 6.42 Å². The Labute approximate surface area is 101 Å². The standard InChI is InChI=1S/C10H10INO3/c11-8-3-1-7(2-4-8)10(15)12-6-5-9(13)14/h1-4H,5-6H2,(H,12,15)(H,13,14). The number of aliphatic carboxylic acids is 1. The van der Waals surface area contributed by atoms with Crippen LogP contribution in [0.15, 0.2) is 24.3 Å². The molecule has 0 fully saturated rings. The number of carbonyl (C=O) groups is 2. The average molecular weight is 319 g/mol. The number of rotatable bonds is 4. The second-order valence-corrected chi connectivity index (χ2v) is 4.15. The van der Waals surface area contributed by atoms with Gasteiger partial charge in [-0.2, -0.15) is 0 Å². The van der Waals surface area contributed by atoms with Crippen LogP contribution >= 0.6 is 22.6 Å². The molecule has 4 nitrogen and oxygen atoms in total. The summed E-state index contributed by atoms with van der Waals surface area (Å²) in [6.07, 6.45) is -0.0594. The smallest absolute Gasteiger partial charge is 0.305 e. The predicted molar refractivity (Wildman–Crippen MR) is 63.7 cm³/mol. The molecule has 1 amide bonds. The van der Waals surface area contributed by atoms with Gasteiger partial charge in [0, 0.05) is 15.7 Å². The first-order valence-corrected chi connectivity index (χ1v) is 5.43. The van der Waals surface area contributed by atoms with Gasteiger partial charge in [0.1, 0.15) is 0 Å². The molecule has 1 aromatic rings. The summed E-state index contributed by atoms with van der Waals surface area (Å²) in [7, 11) is 0. The quantitative estimate of drug-likeness (QED) is 0.827. The maximum Gasteiger partial charge on any atom is 0.305 e. The number of carbonyl (C=O) groups excluding carboxylic acids is 1. The molecule has 0 bridgehead atoms. The molecule has 0 aliphatic rings. The van der Waals surface area contributed by atoms with E-state index in [0.29, 0.717) is 5.56 Å². The number of nitrogens with one attached hydrogen (secondary N) is 1. The maximum absolute atomic E-state index is 11.4. The first-order chi connectivity index (χ1) is 7.09. The Hall–Kier alpha value is -1.11. The van der Waals surface area contributed by atoms with Crippen LogP contribution in [0.5, 0.6) is 0 Å². The molecular formula is C10H10INO3. The lowest BCUT2D eigenvalue weighted by Crippen LogP contribution is -2.25. The van der Waals surface area contributed by atoms with Crippen molar-refractivity contribution >= 4 is 34.5 Å². The molecule has 15 heavy (non-hydrogen) atoms. The van der Waals surface area contributed by atoms with Crippen molar-refractivity contribution in [2.75, 3.05) is 6.54 Å². The van der Waals surface area contributed by atoms with Crippen molar-refractivity contribution in [3.63, 3.8) is 0 Å². The lowest BCUT2D eigenvalue weighted by atomic mass is 10.2. The predicted octanol–water partition coefficient (Wildman–Crippen LogP) is 1.50. The van der Waals surface area contributed by atoms with Crippen LogP contribution in [0, 0.1) is 3.57 Å². The molecule has 0 aliphatic heterocycles. The van der Waals surface area contributed by atoms with Gasteiger partial charge < -0.3 is 10.4 Å². The molecule has 5 heteroatoms. The Morgan fingerprint density at radius 1 is 1.27 bits per heavy atom. The number of carboxylic acids is 1. The minimum atomic E-state index is -0.919. The summed E-state index contributed by atoms with van der Waals surface area (Å²) in [5.41, 5.74) is 0.542. The van der Waals surface area contributed by atoms with E-state index in [-0.39, 0.29) is 18.9 Å². The normalized spacial score (nSPS) is 9.67. The Balaban J connectivity index is 2.47. The molecule has 0 spiro atoms. The largest absolute Gasteiger partial charge is 0.481 e. The zero-order chi connectivity index (χ0) is 11.3. The van der Waals surface area contributed by atoms with Gasteiger partial charge in [-0.25, -0.2) is 0 Å². The SMILES string of the molecule is O=C(O)CCNC(=O)c1ccc(I)cc1. The van der Waals surface area contributed by atoms with Crippen molar-refractivity contribution in [3.05, 3.63) is 33.4 Å². The van der Waals surface area contributed by atoms with E-state index in [1.807, 2.05) is 12.1 Å². The molecule has 0 aliphatic carbocycles. The van der Waals surface area contributed by atoms with Gasteiger partial charge in [-0.15, -0.1) is 0 Å². The molecule has 0 heterocycles. The van der Waals surface area contributed by atoms with Gasteiger partial charge in [-0.1, -0.05) is 0 Å². The minimum Gasteiger partial charge on any atom is -0.481 e. The van der Waals surface area contributed by atoms with Crippen LogP contribution in [0.1, 0.15) is 16.8 Å². The lowest BCUT2D eigenvalue weighted by molar-refractivity contribution is -0.136. The highest BCUT2D eigenvalue weighted by molar-refractivity contribution is 14.1. The van der Waals surface area contributed by atoms with Crippen molar-refractivity contribution < 1.29 is 14.7 Å². The summed E-state index contributed by atoms with van der Waals surface area (Å²) in [6, 6.07) is 7.06. The van der Waals surface area contributed by atoms with E-state index in [1.54, 1.807) is 12.1 Å². The van der Waals surface area contributed by atoms with E-state index in [0.717, 1.165) is 3.57 Å². The van der Waals surface area contributed by atoms with E-state index in [4.69, 9.17) is 5.11 Å². The number of benzene rings is 1. The molecule has 1 aromatic carbocycles. The van der Waals surface area contributed by atoms with E-state index >= 15 is 0 Å². The molecule has 0 unspecified atom stereocenters. The molecule has 1 rings (SSSR count). The van der Waals surface area contributed by atoms with Crippen LogP contribution in [-0.2, 0) is 4.79 Å². The van der Waals surface area contributed by atoms with Crippen LogP contribution in [0.2, 0.25) is 0 Å². The van der Waals surface area contributed by atoms with Crippen molar-refractivity contribution in [2.24, 2.45) is 0 Å². The van der Waals surface area contributed by atoms with Gasteiger partial charge >= 0.3 is 5.97 Å². The van der Waals surface area contributed by atoms with Gasteiger partial charge in [0.05, 0.1) is 6.42 Å². The lowest BCUT2D eigenvalue weighted by Gasteiger charge is -2.03. The highest BCUT2D eigenvalue weighted by atomic mass is 127. The molecule has 2 N–H and O–H groups in total. The zero-order valence-corrected chi connectivity index (χ0v) is 10.0. The summed E-state index contributed by atoms with van der Waals surface area (Å²) < 4.78 is 1.05. The third-order valence-electron chi connectivity index (χ3n) is 1.73. The molecule has 0 saturated carbocycles. The summed E-state index contributed by atoms with van der Waals surface area (Å²) in [6.45, 7) is 0.153. The minimum absolute atomic E-state index is 0.0594. The summed E-state index contributed by atoms with van der Waals surface area (Å²) >= 11 is 2.15. The molecule has 0 radical (unpaired) electrons. The third kappa shape index (κ3) is 4.28. The van der Waals surface area contributed by atoms with Crippen molar-refractivity contribution in [1.29, 1.82) is 0 Å². The molecular weight excluding hydrogens is 309 g/mol. The second-order valence-electron chi connectivity index (χ2n) is 2.91. The molecule has 80 valence electrons. The first kappa shape index (κ1) is 12.0. The molecule has 0 aromatic heterocycles. The van der Waals surface area contributed by atoms with Crippen molar-refractivity contribution in [3.8, 4) is 0 Å². The van der Waals surface area contributed by atoms with E-state index in [9.17, 15) is 9.59 Å². The van der Waals surface area contributed by atoms with Crippen LogP contribution in [0.4, 0.5) is 0 Å². The molecule has 0 atom stereocenters. The van der Waals surface area contributed by atoms with Crippen molar-refractivity contribution in [1.82, 2.24) is 5.32 Å². The third-order valence-corrected chi connectivity index (χ3v) is 2.45. The van der Waals surface area contributed by atoms with E-state index in [1.165, 1.54) is 0 Å². The fourth-order valence-corrected chi connectivity index (χ4v) is 1.35. The fourth-order valence-electron chi connectivity index (χ4n) is 0.986. The van der Waals surface area contributed by atoms with Gasteiger partial charge in [-0.3, -0.25) is 9.59 Å². The Morgan fingerprint density at radius 2 is 1.87 bits per heavy atom. The zero-order valence-electron chi connectivity index (χ0n) is 7.87. The monoisotopic (exact) mass is 319 g/mol. The Bertz CT molecular complexity index is 361. The van der Waals surface area contributed by atoms with Gasteiger partial charge in [0.15, 0.2) is 0 Å². The average Bonchev–Trinajstić information content (AvgIpc) is 2.18. The Kier molecular flexibility index (Phi) is 4.54. The number of halogens is 1. The van der Waals surface area contributed by atoms with Gasteiger partial charge in [-0.05, 0) is 46.9 Å². The first-order valence-electron chi connectivity index (χ1n) is 4.35. The van der Waals surface area contributed by atoms with E-state index in [2.05, 4.69) is 27.9 Å². The number of hydrogen-bond acceptors (Lipinski definition) is 2. The van der Waals surface area contributed by atoms with Crippen LogP contribution < -0.4 is 5.32 Å². The molecule has 0 saturated heterocycles. The van der Waals surface area contributed by atoms with Gasteiger partial charge in [0.2, 0.25) is 0 Å². The van der Waals surface area contributed by atoms with Gasteiger partial charge in [0.25, 0.3) is 5.91 Å². The van der Waals surface area contributed by atoms with E-state index < -0.39 is 5.97 Å². The number of amides is 1. The summed E-state index contributed by atoms with van der Waals surface area (Å²) in [4.78, 5) is 21.6. The number of carboxylic acid groups (broad SMARTS) is 1. The Morgan fingerprint density at radius 3 is 2.40 bits per heavy atom. The van der Waals surface area contributed by atoms with Crippen LogP contribution in [-0.4, -0.2) is 23.5 Å². The van der Waals surface area contributed by atoms with Crippen LogP contribution in [0.25, 0.3) is 0 Å². The highest BCUT2D eigenvalue weighted by Gasteiger charge is 2.05. The summed E-state index contributed by atoms with van der Waals surface area (Å²) in [5.74, 6) is -1.16. The highest BCUT2D eigenvalue weighted by Crippen LogP contribution is 2.06. The fraction of sp³-hybridized carbons (Fsp3) is 0.200. The maximum atomic E-state index is 11.4. The number of hydrogen-bond donors (Lipinski definition) is 2. The summed E-state index contributed by atoms with van der Waals surface area (Å²) in [5, 5.41) is 10.9. The topological polar surface area (TPSA) is 66.4 Å².